The Kier molecular flexibility index (Phi) is 4.23. The van der Waals surface area contributed by atoms with E-state index in [1.807, 2.05) is 19.9 Å². The summed E-state index contributed by atoms with van der Waals surface area (Å²) in [6.07, 6.45) is 0. The lowest BCUT2D eigenvalue weighted by molar-refractivity contribution is -0.122. The van der Waals surface area contributed by atoms with Gasteiger partial charge in [0.25, 0.3) is 0 Å². The lowest BCUT2D eigenvalue weighted by Gasteiger charge is -2.26. The molecule has 0 radical (unpaired) electrons. The monoisotopic (exact) mass is 238 g/mol. The molecule has 1 unspecified atom stereocenters. The highest BCUT2D eigenvalue weighted by Crippen LogP contribution is 2.22. The highest BCUT2D eigenvalue weighted by atomic mass is 19.1. The minimum atomic E-state index is -0.529. The van der Waals surface area contributed by atoms with E-state index in [1.165, 1.54) is 12.1 Å². The van der Waals surface area contributed by atoms with Crippen LogP contribution in [0.5, 0.6) is 0 Å². The van der Waals surface area contributed by atoms with Gasteiger partial charge in [0.1, 0.15) is 5.82 Å². The molecule has 0 saturated carbocycles. The first-order valence-corrected chi connectivity index (χ1v) is 5.62. The van der Waals surface area contributed by atoms with E-state index < -0.39 is 6.04 Å². The summed E-state index contributed by atoms with van der Waals surface area (Å²) in [4.78, 5) is 11.4. The molecule has 1 aromatic rings. The van der Waals surface area contributed by atoms with Crippen molar-refractivity contribution in [3.05, 3.63) is 35.6 Å². The molecule has 0 aliphatic carbocycles. The largest absolute Gasteiger partial charge is 0.354 e. The topological polar surface area (TPSA) is 55.1 Å². The van der Waals surface area contributed by atoms with Gasteiger partial charge in [-0.2, -0.15) is 0 Å². The number of hydrogen-bond acceptors (Lipinski definition) is 2. The number of rotatable bonds is 4. The molecule has 17 heavy (non-hydrogen) atoms. The lowest BCUT2D eigenvalue weighted by Crippen LogP contribution is -2.43. The van der Waals surface area contributed by atoms with Crippen LogP contribution in [0.3, 0.4) is 0 Å². The predicted molar refractivity (Wildman–Crippen MR) is 66.1 cm³/mol. The van der Waals surface area contributed by atoms with Crippen molar-refractivity contribution in [1.29, 1.82) is 0 Å². The molecule has 4 heteroatoms. The minimum Gasteiger partial charge on any atom is -0.354 e. The van der Waals surface area contributed by atoms with Crippen LogP contribution in [0.25, 0.3) is 0 Å². The van der Waals surface area contributed by atoms with Gasteiger partial charge in [0.2, 0.25) is 5.91 Å². The Bertz CT molecular complexity index is 402. The molecule has 0 fully saturated rings. The van der Waals surface area contributed by atoms with E-state index in [0.717, 1.165) is 5.56 Å². The molecule has 1 amide bonds. The van der Waals surface area contributed by atoms with Gasteiger partial charge in [0.05, 0.1) is 6.04 Å². The molecule has 0 aliphatic rings. The van der Waals surface area contributed by atoms with Gasteiger partial charge in [-0.05, 0) is 24.6 Å². The van der Waals surface area contributed by atoms with E-state index in [-0.39, 0.29) is 17.1 Å². The minimum absolute atomic E-state index is 0.200. The summed E-state index contributed by atoms with van der Waals surface area (Å²) in [5.74, 6) is -0.469. The van der Waals surface area contributed by atoms with E-state index in [2.05, 4.69) is 5.32 Å². The number of nitrogens with one attached hydrogen (secondary N) is 1. The number of nitrogens with two attached hydrogens (primary N) is 1. The Morgan fingerprint density at radius 3 is 2.71 bits per heavy atom. The fourth-order valence-corrected chi connectivity index (χ4v) is 1.48. The second-order valence-electron chi connectivity index (χ2n) is 4.90. The number of halogens is 1. The number of carbonyl (C=O) groups is 1. The van der Waals surface area contributed by atoms with Gasteiger partial charge in [0, 0.05) is 12.0 Å². The zero-order chi connectivity index (χ0) is 13.1. The fraction of sp³-hybridized carbons (Fsp3) is 0.462. The lowest BCUT2D eigenvalue weighted by atomic mass is 9.84. The maximum absolute atomic E-state index is 13.1. The van der Waals surface area contributed by atoms with Crippen LogP contribution < -0.4 is 11.1 Å². The Balaban J connectivity index is 2.72. The van der Waals surface area contributed by atoms with Crippen LogP contribution in [0.4, 0.5) is 4.39 Å². The third-order valence-electron chi connectivity index (χ3n) is 2.72. The van der Waals surface area contributed by atoms with Crippen molar-refractivity contribution in [3.63, 3.8) is 0 Å². The van der Waals surface area contributed by atoms with Crippen molar-refractivity contribution in [2.45, 2.75) is 32.2 Å². The number of amides is 1. The van der Waals surface area contributed by atoms with Crippen LogP contribution in [0.2, 0.25) is 0 Å². The number of benzene rings is 1. The molecule has 1 rings (SSSR count). The zero-order valence-electron chi connectivity index (χ0n) is 10.5. The first kappa shape index (κ1) is 13.6. The summed E-state index contributed by atoms with van der Waals surface area (Å²) >= 11 is 0. The van der Waals surface area contributed by atoms with Gasteiger partial charge >= 0.3 is 0 Å². The van der Waals surface area contributed by atoms with Gasteiger partial charge < -0.3 is 11.1 Å². The summed E-state index contributed by atoms with van der Waals surface area (Å²) in [7, 11) is 0. The highest BCUT2D eigenvalue weighted by Gasteiger charge is 2.22. The van der Waals surface area contributed by atoms with Crippen molar-refractivity contribution in [3.8, 4) is 0 Å². The van der Waals surface area contributed by atoms with Crippen LogP contribution in [0.1, 0.15) is 26.3 Å². The normalized spacial score (nSPS) is 13.2. The molecule has 0 saturated heterocycles. The first-order chi connectivity index (χ1) is 7.83. The maximum Gasteiger partial charge on any atom is 0.236 e. The van der Waals surface area contributed by atoms with Crippen LogP contribution in [0, 0.1) is 5.82 Å². The summed E-state index contributed by atoms with van der Waals surface area (Å²) in [5, 5.41) is 2.75. The Morgan fingerprint density at radius 1 is 1.53 bits per heavy atom. The van der Waals surface area contributed by atoms with Crippen molar-refractivity contribution in [1.82, 2.24) is 5.32 Å². The Labute approximate surface area is 101 Å². The molecular formula is C13H19FN2O. The summed E-state index contributed by atoms with van der Waals surface area (Å²) < 4.78 is 13.1. The third-order valence-corrected chi connectivity index (χ3v) is 2.72. The third kappa shape index (κ3) is 3.82. The molecule has 1 aromatic carbocycles. The molecule has 0 aromatic heterocycles. The molecular weight excluding hydrogens is 219 g/mol. The average Bonchev–Trinajstić information content (AvgIpc) is 2.26. The van der Waals surface area contributed by atoms with Crippen LogP contribution in [-0.2, 0) is 10.2 Å². The predicted octanol–water partition coefficient (Wildman–Crippen LogP) is 1.57. The van der Waals surface area contributed by atoms with Gasteiger partial charge in [-0.15, -0.1) is 0 Å². The second-order valence-corrected chi connectivity index (χ2v) is 4.90. The molecule has 0 aliphatic heterocycles. The van der Waals surface area contributed by atoms with Crippen LogP contribution in [-0.4, -0.2) is 18.5 Å². The summed E-state index contributed by atoms with van der Waals surface area (Å²) in [6, 6.07) is 5.87. The zero-order valence-corrected chi connectivity index (χ0v) is 10.5. The van der Waals surface area contributed by atoms with E-state index in [0.29, 0.717) is 6.54 Å². The van der Waals surface area contributed by atoms with Gasteiger partial charge in [0.15, 0.2) is 0 Å². The standard InChI is InChI=1S/C13H19FN2O/c1-9(15)12(17)16-8-13(2,3)10-5-4-6-11(14)7-10/h4-7,9H,8,15H2,1-3H3,(H,16,17). The highest BCUT2D eigenvalue weighted by molar-refractivity contribution is 5.81. The summed E-state index contributed by atoms with van der Waals surface area (Å²) in [5.41, 5.74) is 5.98. The molecule has 0 spiro atoms. The van der Waals surface area contributed by atoms with Crippen molar-refractivity contribution in [2.75, 3.05) is 6.54 Å². The number of carbonyl (C=O) groups excluding carboxylic acids is 1. The maximum atomic E-state index is 13.1. The van der Waals surface area contributed by atoms with Gasteiger partial charge in [-0.1, -0.05) is 26.0 Å². The molecule has 0 heterocycles. The van der Waals surface area contributed by atoms with E-state index >= 15 is 0 Å². The van der Waals surface area contributed by atoms with Crippen LogP contribution in [0.15, 0.2) is 24.3 Å². The molecule has 1 atom stereocenters. The fourth-order valence-electron chi connectivity index (χ4n) is 1.48. The van der Waals surface area contributed by atoms with Crippen molar-refractivity contribution < 1.29 is 9.18 Å². The van der Waals surface area contributed by atoms with E-state index in [4.69, 9.17) is 5.73 Å². The van der Waals surface area contributed by atoms with Crippen molar-refractivity contribution in [2.24, 2.45) is 5.73 Å². The average molecular weight is 238 g/mol. The second kappa shape index (κ2) is 5.27. The smallest absolute Gasteiger partial charge is 0.236 e. The van der Waals surface area contributed by atoms with E-state index in [1.54, 1.807) is 13.0 Å². The molecule has 0 bridgehead atoms. The Morgan fingerprint density at radius 2 is 2.18 bits per heavy atom. The van der Waals surface area contributed by atoms with E-state index in [9.17, 15) is 9.18 Å². The summed E-state index contributed by atoms with van der Waals surface area (Å²) in [6.45, 7) is 5.95. The molecule has 94 valence electrons. The first-order valence-electron chi connectivity index (χ1n) is 5.62. The SMILES string of the molecule is CC(N)C(=O)NCC(C)(C)c1cccc(F)c1. The van der Waals surface area contributed by atoms with Crippen molar-refractivity contribution >= 4 is 5.91 Å². The van der Waals surface area contributed by atoms with Gasteiger partial charge in [-0.3, -0.25) is 4.79 Å². The Hall–Kier alpha value is -1.42. The van der Waals surface area contributed by atoms with Gasteiger partial charge in [-0.25, -0.2) is 4.39 Å². The quantitative estimate of drug-likeness (QED) is 0.836. The molecule has 3 N–H and O–H groups in total. The number of hydrogen-bond donors (Lipinski definition) is 2. The molecule has 3 nitrogen and oxygen atoms in total. The van der Waals surface area contributed by atoms with Crippen LogP contribution >= 0.6 is 0 Å².